The summed E-state index contributed by atoms with van der Waals surface area (Å²) in [5, 5.41) is 15.4. The summed E-state index contributed by atoms with van der Waals surface area (Å²) in [6.07, 6.45) is 4.03. The van der Waals surface area contributed by atoms with Crippen LogP contribution in [0.5, 0.6) is 0 Å². The Balaban J connectivity index is 2.02. The van der Waals surface area contributed by atoms with Crippen LogP contribution in [-0.2, 0) is 0 Å². The monoisotopic (exact) mass is 303 g/mol. The zero-order chi connectivity index (χ0) is 15.5. The van der Waals surface area contributed by atoms with Gasteiger partial charge in [-0.2, -0.15) is 4.98 Å². The molecule has 0 unspecified atom stereocenters. The molecule has 2 heterocycles. The predicted molar refractivity (Wildman–Crippen MR) is 86.2 cm³/mol. The van der Waals surface area contributed by atoms with Crippen LogP contribution in [-0.4, -0.2) is 58.8 Å². The molecule has 0 aliphatic heterocycles. The summed E-state index contributed by atoms with van der Waals surface area (Å²) in [6.45, 7) is 1.35. The summed E-state index contributed by atoms with van der Waals surface area (Å²) in [7, 11) is 3.80. The van der Waals surface area contributed by atoms with Gasteiger partial charge in [0, 0.05) is 27.2 Å². The number of aliphatic hydroxyl groups excluding tert-OH is 1. The smallest absolute Gasteiger partial charge is 0.227 e. The van der Waals surface area contributed by atoms with Crippen molar-refractivity contribution in [3.8, 4) is 0 Å². The molecule has 3 rings (SSSR count). The van der Waals surface area contributed by atoms with Gasteiger partial charge < -0.3 is 20.6 Å². The lowest BCUT2D eigenvalue weighted by atomic mass is 10.3. The van der Waals surface area contributed by atoms with Crippen molar-refractivity contribution in [3.63, 3.8) is 0 Å². The first-order chi connectivity index (χ1) is 10.7. The summed E-state index contributed by atoms with van der Waals surface area (Å²) in [6, 6.07) is 0. The number of nitrogens with one attached hydrogen (secondary N) is 2. The van der Waals surface area contributed by atoms with Crippen LogP contribution in [0.15, 0.2) is 6.33 Å². The van der Waals surface area contributed by atoms with Gasteiger partial charge in [-0.15, -0.1) is 0 Å². The molecule has 1 aliphatic rings. The van der Waals surface area contributed by atoms with Gasteiger partial charge in [0.25, 0.3) is 0 Å². The number of rotatable bonds is 7. The second-order valence-corrected chi connectivity index (χ2v) is 5.66. The molecule has 1 aliphatic carbocycles. The highest BCUT2D eigenvalue weighted by Gasteiger charge is 2.22. The molecule has 118 valence electrons. The minimum atomic E-state index is 0.0317. The quantitative estimate of drug-likeness (QED) is 0.688. The molecule has 3 N–H and O–H groups in total. The standard InChI is InChI=1S/C14H21N7O/c1-21(2)14-19-11-10(13(20-14)16-7-9-3-4-9)17-8-18-12(11)15-5-6-22/h8-9,22H,3-7H2,1-2H3,(H,15,17,18)(H,16,19,20). The lowest BCUT2D eigenvalue weighted by molar-refractivity contribution is 0.311. The van der Waals surface area contributed by atoms with Gasteiger partial charge in [-0.05, 0) is 18.8 Å². The van der Waals surface area contributed by atoms with Gasteiger partial charge in [0.05, 0.1) is 6.61 Å². The highest BCUT2D eigenvalue weighted by Crippen LogP contribution is 2.30. The molecule has 0 aromatic carbocycles. The van der Waals surface area contributed by atoms with E-state index >= 15 is 0 Å². The molecule has 8 heteroatoms. The Bertz CT molecular complexity index is 657. The van der Waals surface area contributed by atoms with Crippen molar-refractivity contribution in [1.82, 2.24) is 19.9 Å². The minimum Gasteiger partial charge on any atom is -0.395 e. The Morgan fingerprint density at radius 2 is 1.95 bits per heavy atom. The average Bonchev–Trinajstić information content (AvgIpc) is 3.34. The number of hydrogen-bond acceptors (Lipinski definition) is 8. The zero-order valence-electron chi connectivity index (χ0n) is 12.9. The van der Waals surface area contributed by atoms with E-state index in [-0.39, 0.29) is 6.61 Å². The number of fused-ring (bicyclic) bond motifs is 1. The molecule has 0 saturated heterocycles. The third-order valence-electron chi connectivity index (χ3n) is 3.53. The molecule has 22 heavy (non-hydrogen) atoms. The molecular weight excluding hydrogens is 282 g/mol. The van der Waals surface area contributed by atoms with Gasteiger partial charge in [0.2, 0.25) is 5.95 Å². The van der Waals surface area contributed by atoms with Crippen molar-refractivity contribution >= 4 is 28.6 Å². The first-order valence-electron chi connectivity index (χ1n) is 7.47. The molecule has 0 radical (unpaired) electrons. The number of aromatic nitrogens is 4. The van der Waals surface area contributed by atoms with Crippen LogP contribution in [0, 0.1) is 5.92 Å². The van der Waals surface area contributed by atoms with Crippen molar-refractivity contribution in [2.45, 2.75) is 12.8 Å². The van der Waals surface area contributed by atoms with Gasteiger partial charge in [-0.1, -0.05) is 0 Å². The van der Waals surface area contributed by atoms with Crippen molar-refractivity contribution in [2.75, 3.05) is 49.3 Å². The van der Waals surface area contributed by atoms with Gasteiger partial charge in [0.15, 0.2) is 11.6 Å². The largest absolute Gasteiger partial charge is 0.395 e. The summed E-state index contributed by atoms with van der Waals surface area (Å²) in [5.74, 6) is 2.68. The molecule has 0 atom stereocenters. The molecule has 1 saturated carbocycles. The van der Waals surface area contributed by atoms with E-state index in [1.807, 2.05) is 19.0 Å². The second kappa shape index (κ2) is 6.27. The van der Waals surface area contributed by atoms with Crippen LogP contribution in [0.4, 0.5) is 17.6 Å². The van der Waals surface area contributed by atoms with Gasteiger partial charge >= 0.3 is 0 Å². The molecular formula is C14H21N7O. The summed E-state index contributed by atoms with van der Waals surface area (Å²) in [5.41, 5.74) is 1.36. The minimum absolute atomic E-state index is 0.0317. The van der Waals surface area contributed by atoms with Gasteiger partial charge in [0.1, 0.15) is 17.4 Å². The van der Waals surface area contributed by atoms with Crippen LogP contribution in [0.1, 0.15) is 12.8 Å². The maximum absolute atomic E-state index is 8.99. The summed E-state index contributed by atoms with van der Waals surface area (Å²) < 4.78 is 0. The van der Waals surface area contributed by atoms with E-state index in [4.69, 9.17) is 5.11 Å². The second-order valence-electron chi connectivity index (χ2n) is 5.66. The Morgan fingerprint density at radius 3 is 2.64 bits per heavy atom. The fourth-order valence-corrected chi connectivity index (χ4v) is 2.13. The normalized spacial score (nSPS) is 14.1. The predicted octanol–water partition coefficient (Wildman–Crippen LogP) is 0.712. The number of aliphatic hydroxyl groups is 1. The lowest BCUT2D eigenvalue weighted by Gasteiger charge is -2.15. The topological polar surface area (TPSA) is 99.1 Å². The lowest BCUT2D eigenvalue weighted by Crippen LogP contribution is -2.16. The van der Waals surface area contributed by atoms with E-state index in [1.54, 1.807) is 0 Å². The molecule has 0 amide bonds. The highest BCUT2D eigenvalue weighted by molar-refractivity contribution is 5.93. The molecule has 1 fully saturated rings. The molecule has 2 aromatic heterocycles. The van der Waals surface area contributed by atoms with Crippen LogP contribution in [0.25, 0.3) is 11.0 Å². The Hall–Kier alpha value is -2.22. The highest BCUT2D eigenvalue weighted by atomic mass is 16.3. The molecule has 8 nitrogen and oxygen atoms in total. The maximum atomic E-state index is 8.99. The number of nitrogens with zero attached hydrogens (tertiary/aromatic N) is 5. The van der Waals surface area contributed by atoms with Crippen LogP contribution < -0.4 is 15.5 Å². The third kappa shape index (κ3) is 3.16. The van der Waals surface area contributed by atoms with Crippen molar-refractivity contribution in [1.29, 1.82) is 0 Å². The fourth-order valence-electron chi connectivity index (χ4n) is 2.13. The zero-order valence-corrected chi connectivity index (χ0v) is 12.9. The fraction of sp³-hybridized carbons (Fsp3) is 0.571. The maximum Gasteiger partial charge on any atom is 0.227 e. The summed E-state index contributed by atoms with van der Waals surface area (Å²) >= 11 is 0. The van der Waals surface area contributed by atoms with E-state index < -0.39 is 0 Å². The van der Waals surface area contributed by atoms with Crippen LogP contribution >= 0.6 is 0 Å². The molecule has 0 spiro atoms. The molecule has 2 aromatic rings. The van der Waals surface area contributed by atoms with Crippen molar-refractivity contribution < 1.29 is 5.11 Å². The Morgan fingerprint density at radius 1 is 1.14 bits per heavy atom. The first kappa shape index (κ1) is 14.7. The Kier molecular flexibility index (Phi) is 4.19. The van der Waals surface area contributed by atoms with Crippen LogP contribution in [0.3, 0.4) is 0 Å². The third-order valence-corrected chi connectivity index (χ3v) is 3.53. The summed E-state index contributed by atoms with van der Waals surface area (Å²) in [4.78, 5) is 19.5. The van der Waals surface area contributed by atoms with Gasteiger partial charge in [-0.3, -0.25) is 0 Å². The number of anilines is 3. The first-order valence-corrected chi connectivity index (χ1v) is 7.47. The van der Waals surface area contributed by atoms with E-state index in [0.29, 0.717) is 29.3 Å². The Labute approximate surface area is 129 Å². The van der Waals surface area contributed by atoms with E-state index in [9.17, 15) is 0 Å². The molecule has 0 bridgehead atoms. The van der Waals surface area contributed by atoms with E-state index in [2.05, 4.69) is 30.6 Å². The van der Waals surface area contributed by atoms with Crippen molar-refractivity contribution in [2.24, 2.45) is 5.92 Å². The average molecular weight is 303 g/mol. The van der Waals surface area contributed by atoms with Gasteiger partial charge in [-0.25, -0.2) is 15.0 Å². The van der Waals surface area contributed by atoms with E-state index in [1.165, 1.54) is 19.2 Å². The SMILES string of the molecule is CN(C)c1nc(NCC2CC2)c2ncnc(NCCO)c2n1. The van der Waals surface area contributed by atoms with Crippen LogP contribution in [0.2, 0.25) is 0 Å². The van der Waals surface area contributed by atoms with Crippen molar-refractivity contribution in [3.05, 3.63) is 6.33 Å². The van der Waals surface area contributed by atoms with E-state index in [0.717, 1.165) is 18.3 Å². The number of hydrogen-bond donors (Lipinski definition) is 3.